The smallest absolute Gasteiger partial charge is 0.182 e. The third-order valence-corrected chi connectivity index (χ3v) is 4.42. The fourth-order valence-corrected chi connectivity index (χ4v) is 2.78. The highest BCUT2D eigenvalue weighted by molar-refractivity contribution is 6.03. The first-order valence-electron chi connectivity index (χ1n) is 7.05. The zero-order chi connectivity index (χ0) is 14.0. The van der Waals surface area contributed by atoms with Crippen LogP contribution in [-0.2, 0) is 0 Å². The van der Waals surface area contributed by atoms with E-state index in [9.17, 15) is 9.18 Å². The lowest BCUT2D eigenvalue weighted by atomic mass is 9.86. The van der Waals surface area contributed by atoms with Crippen LogP contribution in [-0.4, -0.2) is 29.3 Å². The van der Waals surface area contributed by atoms with Crippen LogP contribution in [0.1, 0.15) is 49.0 Å². The van der Waals surface area contributed by atoms with Gasteiger partial charge in [0.05, 0.1) is 5.54 Å². The first kappa shape index (κ1) is 14.2. The molecule has 0 radical (unpaired) electrons. The Kier molecular flexibility index (Phi) is 4.04. The molecule has 0 N–H and O–H groups in total. The van der Waals surface area contributed by atoms with Crippen molar-refractivity contribution in [2.45, 2.75) is 45.6 Å². The molecule has 0 amide bonds. The molecule has 1 atom stereocenters. The molecule has 2 nitrogen and oxygen atoms in total. The van der Waals surface area contributed by atoms with Crippen LogP contribution >= 0.6 is 0 Å². The van der Waals surface area contributed by atoms with E-state index >= 15 is 0 Å². The SMILES string of the molecule is CCC(C)(C(=O)c1ccc(C)c(F)c1)N1CCCC1. The fraction of sp³-hybridized carbons (Fsp3) is 0.562. The van der Waals surface area contributed by atoms with Gasteiger partial charge in [-0.3, -0.25) is 9.69 Å². The topological polar surface area (TPSA) is 20.3 Å². The van der Waals surface area contributed by atoms with Crippen LogP contribution in [0.4, 0.5) is 4.39 Å². The van der Waals surface area contributed by atoms with Crippen molar-refractivity contribution in [2.24, 2.45) is 0 Å². The molecule has 0 aliphatic carbocycles. The Labute approximate surface area is 114 Å². The molecule has 1 aromatic carbocycles. The second-order valence-electron chi connectivity index (χ2n) is 5.61. The minimum atomic E-state index is -0.502. The van der Waals surface area contributed by atoms with E-state index in [-0.39, 0.29) is 11.6 Å². The Morgan fingerprint density at radius 2 is 2.00 bits per heavy atom. The van der Waals surface area contributed by atoms with Gasteiger partial charge in [0.1, 0.15) is 5.82 Å². The molecule has 19 heavy (non-hydrogen) atoms. The number of benzene rings is 1. The van der Waals surface area contributed by atoms with Gasteiger partial charge in [-0.15, -0.1) is 0 Å². The first-order valence-corrected chi connectivity index (χ1v) is 7.05. The summed E-state index contributed by atoms with van der Waals surface area (Å²) in [5.74, 6) is -0.262. The lowest BCUT2D eigenvalue weighted by Gasteiger charge is -2.36. The van der Waals surface area contributed by atoms with E-state index in [1.165, 1.54) is 6.07 Å². The minimum absolute atomic E-state index is 0.0378. The van der Waals surface area contributed by atoms with Crippen LogP contribution in [0.15, 0.2) is 18.2 Å². The number of nitrogens with zero attached hydrogens (tertiary/aromatic N) is 1. The molecule has 0 saturated carbocycles. The summed E-state index contributed by atoms with van der Waals surface area (Å²) in [5, 5.41) is 0. The Hall–Kier alpha value is -1.22. The van der Waals surface area contributed by atoms with Gasteiger partial charge in [-0.25, -0.2) is 4.39 Å². The summed E-state index contributed by atoms with van der Waals surface area (Å²) in [6.07, 6.45) is 3.04. The highest BCUT2D eigenvalue weighted by Crippen LogP contribution is 2.28. The molecule has 1 aromatic rings. The number of hydrogen-bond acceptors (Lipinski definition) is 2. The molecular formula is C16H22FNO. The van der Waals surface area contributed by atoms with Crippen molar-refractivity contribution in [3.05, 3.63) is 35.1 Å². The zero-order valence-electron chi connectivity index (χ0n) is 12.0. The van der Waals surface area contributed by atoms with Crippen molar-refractivity contribution >= 4 is 5.78 Å². The van der Waals surface area contributed by atoms with Gasteiger partial charge in [0.15, 0.2) is 5.78 Å². The number of ketones is 1. The maximum absolute atomic E-state index is 13.6. The van der Waals surface area contributed by atoms with Gasteiger partial charge < -0.3 is 0 Å². The molecule has 1 aliphatic rings. The van der Waals surface area contributed by atoms with Gasteiger partial charge >= 0.3 is 0 Å². The number of carbonyl (C=O) groups is 1. The normalized spacial score (nSPS) is 19.4. The second-order valence-corrected chi connectivity index (χ2v) is 5.61. The summed E-state index contributed by atoms with van der Waals surface area (Å²) in [7, 11) is 0. The van der Waals surface area contributed by atoms with E-state index in [0.717, 1.165) is 32.4 Å². The molecule has 3 heteroatoms. The van der Waals surface area contributed by atoms with E-state index in [1.54, 1.807) is 19.1 Å². The maximum Gasteiger partial charge on any atom is 0.182 e. The summed E-state index contributed by atoms with van der Waals surface area (Å²) < 4.78 is 13.6. The molecule has 1 heterocycles. The highest BCUT2D eigenvalue weighted by Gasteiger charge is 2.39. The quantitative estimate of drug-likeness (QED) is 0.774. The van der Waals surface area contributed by atoms with E-state index in [2.05, 4.69) is 4.90 Å². The molecule has 2 rings (SSSR count). The van der Waals surface area contributed by atoms with Gasteiger partial charge in [-0.05, 0) is 57.8 Å². The van der Waals surface area contributed by atoms with Gasteiger partial charge in [0.2, 0.25) is 0 Å². The van der Waals surface area contributed by atoms with Crippen molar-refractivity contribution in [2.75, 3.05) is 13.1 Å². The largest absolute Gasteiger partial charge is 0.292 e. The lowest BCUT2D eigenvalue weighted by molar-refractivity contribution is 0.0647. The third kappa shape index (κ3) is 2.57. The monoisotopic (exact) mass is 263 g/mol. The summed E-state index contributed by atoms with van der Waals surface area (Å²) >= 11 is 0. The van der Waals surface area contributed by atoms with E-state index in [4.69, 9.17) is 0 Å². The zero-order valence-corrected chi connectivity index (χ0v) is 12.0. The average molecular weight is 263 g/mol. The molecular weight excluding hydrogens is 241 g/mol. The Balaban J connectivity index is 2.31. The predicted octanol–water partition coefficient (Wildman–Crippen LogP) is 3.58. The number of carbonyl (C=O) groups excluding carboxylic acids is 1. The van der Waals surface area contributed by atoms with Crippen LogP contribution in [0.2, 0.25) is 0 Å². The van der Waals surface area contributed by atoms with Crippen molar-refractivity contribution in [3.8, 4) is 0 Å². The van der Waals surface area contributed by atoms with Crippen molar-refractivity contribution in [1.82, 2.24) is 4.90 Å². The number of rotatable bonds is 4. The fourth-order valence-electron chi connectivity index (χ4n) is 2.78. The highest BCUT2D eigenvalue weighted by atomic mass is 19.1. The van der Waals surface area contributed by atoms with Crippen molar-refractivity contribution in [1.29, 1.82) is 0 Å². The number of likely N-dealkylation sites (tertiary alicyclic amines) is 1. The standard InChI is InChI=1S/C16H22FNO/c1-4-16(3,18-9-5-6-10-18)15(19)13-8-7-12(2)14(17)11-13/h7-8,11H,4-6,9-10H2,1-3H3. The van der Waals surface area contributed by atoms with Gasteiger partial charge in [-0.1, -0.05) is 19.1 Å². The molecule has 0 aromatic heterocycles. The number of hydrogen-bond donors (Lipinski definition) is 0. The van der Waals surface area contributed by atoms with Crippen LogP contribution in [0.3, 0.4) is 0 Å². The molecule has 1 unspecified atom stereocenters. The van der Waals surface area contributed by atoms with E-state index in [0.29, 0.717) is 11.1 Å². The molecule has 104 valence electrons. The Morgan fingerprint density at radius 1 is 1.37 bits per heavy atom. The van der Waals surface area contributed by atoms with Gasteiger partial charge in [0, 0.05) is 5.56 Å². The van der Waals surface area contributed by atoms with Crippen LogP contribution in [0, 0.1) is 12.7 Å². The van der Waals surface area contributed by atoms with Crippen LogP contribution < -0.4 is 0 Å². The summed E-state index contributed by atoms with van der Waals surface area (Å²) in [5.41, 5.74) is 0.563. The molecule has 1 fully saturated rings. The molecule has 0 spiro atoms. The van der Waals surface area contributed by atoms with E-state index in [1.807, 2.05) is 13.8 Å². The van der Waals surface area contributed by atoms with Crippen molar-refractivity contribution in [3.63, 3.8) is 0 Å². The first-order chi connectivity index (χ1) is 8.99. The predicted molar refractivity (Wildman–Crippen MR) is 75.0 cm³/mol. The molecule has 1 aliphatic heterocycles. The molecule has 0 bridgehead atoms. The average Bonchev–Trinajstić information content (AvgIpc) is 2.94. The number of Topliss-reactive ketones (excluding diaryl/α,β-unsaturated/α-hetero) is 1. The molecule has 1 saturated heterocycles. The number of halogens is 1. The van der Waals surface area contributed by atoms with Gasteiger partial charge in [-0.2, -0.15) is 0 Å². The van der Waals surface area contributed by atoms with Crippen LogP contribution in [0.5, 0.6) is 0 Å². The Bertz CT molecular complexity index is 480. The lowest BCUT2D eigenvalue weighted by Crippen LogP contribution is -2.50. The van der Waals surface area contributed by atoms with Crippen molar-refractivity contribution < 1.29 is 9.18 Å². The summed E-state index contributed by atoms with van der Waals surface area (Å²) in [6, 6.07) is 4.80. The summed E-state index contributed by atoms with van der Waals surface area (Å²) in [6.45, 7) is 7.65. The van der Waals surface area contributed by atoms with Gasteiger partial charge in [0.25, 0.3) is 0 Å². The second kappa shape index (κ2) is 5.41. The maximum atomic E-state index is 13.6. The summed E-state index contributed by atoms with van der Waals surface area (Å²) in [4.78, 5) is 15.0. The van der Waals surface area contributed by atoms with Crippen LogP contribution in [0.25, 0.3) is 0 Å². The number of aryl methyl sites for hydroxylation is 1. The van der Waals surface area contributed by atoms with E-state index < -0.39 is 5.54 Å². The Morgan fingerprint density at radius 3 is 2.53 bits per heavy atom. The third-order valence-electron chi connectivity index (χ3n) is 4.42. The minimum Gasteiger partial charge on any atom is -0.292 e.